The molecule has 0 spiro atoms. The molecule has 1 N–H and O–H groups in total. The van der Waals surface area contributed by atoms with Gasteiger partial charge in [-0.15, -0.1) is 5.10 Å². The number of aromatic nitrogens is 3. The predicted molar refractivity (Wildman–Crippen MR) is 66.0 cm³/mol. The average Bonchev–Trinajstić information content (AvgIpc) is 2.57. The highest BCUT2D eigenvalue weighted by molar-refractivity contribution is 5.32. The van der Waals surface area contributed by atoms with Crippen LogP contribution in [0.1, 0.15) is 37.1 Å². The highest BCUT2D eigenvalue weighted by Gasteiger charge is 2.23. The Hall–Kier alpha value is -1.23. The van der Waals surface area contributed by atoms with Crippen LogP contribution in [-0.4, -0.2) is 39.5 Å². The molecule has 0 saturated carbocycles. The predicted octanol–water partition coefficient (Wildman–Crippen LogP) is 1.23. The Kier molecular flexibility index (Phi) is 3.89. The van der Waals surface area contributed by atoms with E-state index in [9.17, 15) is 5.11 Å². The van der Waals surface area contributed by atoms with Gasteiger partial charge < -0.3 is 10.0 Å². The van der Waals surface area contributed by atoms with E-state index in [2.05, 4.69) is 20.1 Å². The van der Waals surface area contributed by atoms with Crippen LogP contribution in [0.3, 0.4) is 0 Å². The molecule has 0 aliphatic carbocycles. The second kappa shape index (κ2) is 5.40. The summed E-state index contributed by atoms with van der Waals surface area (Å²) in [5.74, 6) is 0.661. The number of hydrogen-bond acceptors (Lipinski definition) is 5. The molecule has 1 aliphatic heterocycles. The molecule has 1 aromatic heterocycles. The number of anilines is 1. The van der Waals surface area contributed by atoms with Gasteiger partial charge in [0.15, 0.2) is 0 Å². The zero-order valence-corrected chi connectivity index (χ0v) is 10.6. The lowest BCUT2D eigenvalue weighted by Gasteiger charge is -2.28. The fourth-order valence-corrected chi connectivity index (χ4v) is 2.20. The first-order valence-electron chi connectivity index (χ1n) is 6.28. The van der Waals surface area contributed by atoms with Gasteiger partial charge in [-0.3, -0.25) is 0 Å². The summed E-state index contributed by atoms with van der Waals surface area (Å²) in [4.78, 5) is 6.58. The van der Waals surface area contributed by atoms with E-state index in [1.54, 1.807) is 0 Å². The minimum absolute atomic E-state index is 0.140. The van der Waals surface area contributed by atoms with Crippen molar-refractivity contribution in [2.24, 2.45) is 0 Å². The average molecular weight is 236 g/mol. The lowest BCUT2D eigenvalue weighted by atomic mass is 10.1. The van der Waals surface area contributed by atoms with E-state index in [1.807, 2.05) is 13.8 Å². The zero-order valence-electron chi connectivity index (χ0n) is 10.6. The molecule has 1 unspecified atom stereocenters. The van der Waals surface area contributed by atoms with Gasteiger partial charge in [0.2, 0.25) is 5.95 Å². The first-order valence-corrected chi connectivity index (χ1v) is 6.28. The van der Waals surface area contributed by atoms with Crippen LogP contribution in [0.15, 0.2) is 0 Å². The number of aliphatic hydroxyl groups excluding tert-OH is 1. The van der Waals surface area contributed by atoms with Gasteiger partial charge in [0.05, 0.1) is 24.0 Å². The van der Waals surface area contributed by atoms with Crippen molar-refractivity contribution in [3.8, 4) is 0 Å². The van der Waals surface area contributed by atoms with Crippen LogP contribution in [0, 0.1) is 13.8 Å². The van der Waals surface area contributed by atoms with E-state index in [1.165, 1.54) is 12.8 Å². The molecule has 1 aromatic rings. The van der Waals surface area contributed by atoms with Gasteiger partial charge in [0.1, 0.15) is 0 Å². The third-order valence-electron chi connectivity index (χ3n) is 3.43. The van der Waals surface area contributed by atoms with Crippen molar-refractivity contribution in [3.63, 3.8) is 0 Å². The Labute approximate surface area is 102 Å². The Balaban J connectivity index is 2.25. The number of nitrogens with zero attached hydrogens (tertiary/aromatic N) is 4. The van der Waals surface area contributed by atoms with Crippen LogP contribution in [0.4, 0.5) is 5.95 Å². The van der Waals surface area contributed by atoms with Crippen LogP contribution in [-0.2, 0) is 0 Å². The molecule has 1 fully saturated rings. The van der Waals surface area contributed by atoms with Gasteiger partial charge in [-0.25, -0.2) is 4.98 Å². The summed E-state index contributed by atoms with van der Waals surface area (Å²) in [6.45, 7) is 4.93. The largest absolute Gasteiger partial charge is 0.394 e. The third kappa shape index (κ3) is 2.72. The maximum Gasteiger partial charge on any atom is 0.245 e. The maximum absolute atomic E-state index is 9.45. The number of aryl methyl sites for hydroxylation is 2. The van der Waals surface area contributed by atoms with Crippen LogP contribution < -0.4 is 4.90 Å². The van der Waals surface area contributed by atoms with Crippen molar-refractivity contribution in [1.82, 2.24) is 15.2 Å². The summed E-state index contributed by atoms with van der Waals surface area (Å²) < 4.78 is 0. The highest BCUT2D eigenvalue weighted by atomic mass is 16.3. The minimum Gasteiger partial charge on any atom is -0.394 e. The van der Waals surface area contributed by atoms with Crippen LogP contribution in [0.2, 0.25) is 0 Å². The van der Waals surface area contributed by atoms with E-state index < -0.39 is 0 Å². The fraction of sp³-hybridized carbons (Fsp3) is 0.750. The van der Waals surface area contributed by atoms with Gasteiger partial charge in [0, 0.05) is 6.54 Å². The second-order valence-electron chi connectivity index (χ2n) is 4.66. The van der Waals surface area contributed by atoms with Crippen LogP contribution in [0.5, 0.6) is 0 Å². The topological polar surface area (TPSA) is 62.1 Å². The van der Waals surface area contributed by atoms with E-state index >= 15 is 0 Å². The molecule has 5 nitrogen and oxygen atoms in total. The second-order valence-corrected chi connectivity index (χ2v) is 4.66. The number of rotatable bonds is 2. The summed E-state index contributed by atoms with van der Waals surface area (Å²) in [6.07, 6.45) is 4.52. The summed E-state index contributed by atoms with van der Waals surface area (Å²) >= 11 is 0. The number of hydrogen-bond donors (Lipinski definition) is 1. The Morgan fingerprint density at radius 3 is 2.71 bits per heavy atom. The first-order chi connectivity index (χ1) is 8.22. The summed E-state index contributed by atoms with van der Waals surface area (Å²) in [5, 5.41) is 17.7. The molecular formula is C12H20N4O. The maximum atomic E-state index is 9.45. The highest BCUT2D eigenvalue weighted by Crippen LogP contribution is 2.20. The summed E-state index contributed by atoms with van der Waals surface area (Å²) in [7, 11) is 0. The molecule has 1 aliphatic rings. The summed E-state index contributed by atoms with van der Waals surface area (Å²) in [6, 6.07) is 0.140. The minimum atomic E-state index is 0.140. The van der Waals surface area contributed by atoms with Gasteiger partial charge >= 0.3 is 0 Å². The van der Waals surface area contributed by atoms with Gasteiger partial charge in [0.25, 0.3) is 0 Å². The van der Waals surface area contributed by atoms with Crippen LogP contribution in [0.25, 0.3) is 0 Å². The molecule has 0 bridgehead atoms. The monoisotopic (exact) mass is 236 g/mol. The molecule has 0 radical (unpaired) electrons. The molecular weight excluding hydrogens is 216 g/mol. The molecule has 2 heterocycles. The Morgan fingerprint density at radius 2 is 2.00 bits per heavy atom. The standard InChI is InChI=1S/C12H20N4O/c1-9-10(2)14-15-12(13-9)16-7-5-3-4-6-11(16)8-17/h11,17H,3-8H2,1-2H3. The van der Waals surface area contributed by atoms with Crippen molar-refractivity contribution in [3.05, 3.63) is 11.4 Å². The number of aliphatic hydroxyl groups is 1. The van der Waals surface area contributed by atoms with Crippen molar-refractivity contribution < 1.29 is 5.11 Å². The molecule has 0 aromatic carbocycles. The van der Waals surface area contributed by atoms with Gasteiger partial charge in [-0.05, 0) is 26.7 Å². The lowest BCUT2D eigenvalue weighted by Crippen LogP contribution is -2.39. The quantitative estimate of drug-likeness (QED) is 0.836. The van der Waals surface area contributed by atoms with Crippen molar-refractivity contribution >= 4 is 5.95 Å². The SMILES string of the molecule is Cc1nnc(N2CCCCCC2CO)nc1C. The molecule has 2 rings (SSSR count). The van der Waals surface area contributed by atoms with Gasteiger partial charge in [-0.2, -0.15) is 5.10 Å². The van der Waals surface area contributed by atoms with E-state index in [0.717, 1.165) is 30.8 Å². The summed E-state index contributed by atoms with van der Waals surface area (Å²) in [5.41, 5.74) is 1.78. The molecule has 5 heteroatoms. The van der Waals surface area contributed by atoms with Crippen molar-refractivity contribution in [2.45, 2.75) is 45.6 Å². The molecule has 0 amide bonds. The zero-order chi connectivity index (χ0) is 12.3. The van der Waals surface area contributed by atoms with Gasteiger partial charge in [-0.1, -0.05) is 12.8 Å². The third-order valence-corrected chi connectivity index (χ3v) is 3.43. The molecule has 1 saturated heterocycles. The smallest absolute Gasteiger partial charge is 0.245 e. The first kappa shape index (κ1) is 12.2. The Morgan fingerprint density at radius 1 is 1.18 bits per heavy atom. The van der Waals surface area contributed by atoms with Crippen molar-refractivity contribution in [1.29, 1.82) is 0 Å². The normalized spacial score (nSPS) is 21.4. The van der Waals surface area contributed by atoms with Crippen molar-refractivity contribution in [2.75, 3.05) is 18.1 Å². The van der Waals surface area contributed by atoms with E-state index in [4.69, 9.17) is 0 Å². The fourth-order valence-electron chi connectivity index (χ4n) is 2.20. The molecule has 94 valence electrons. The van der Waals surface area contributed by atoms with Crippen LogP contribution >= 0.6 is 0 Å². The molecule has 17 heavy (non-hydrogen) atoms. The Bertz CT molecular complexity index is 383. The lowest BCUT2D eigenvalue weighted by molar-refractivity contribution is 0.254. The van der Waals surface area contributed by atoms with E-state index in [-0.39, 0.29) is 12.6 Å². The molecule has 1 atom stereocenters. The van der Waals surface area contributed by atoms with E-state index in [0.29, 0.717) is 5.95 Å².